The van der Waals surface area contributed by atoms with Crippen LogP contribution < -0.4 is 9.42 Å². The second-order valence-corrected chi connectivity index (χ2v) is 5.38. The normalized spacial score (nSPS) is 14.0. The summed E-state index contributed by atoms with van der Waals surface area (Å²) in [5, 5.41) is 0.864. The van der Waals surface area contributed by atoms with Gasteiger partial charge in [-0.2, -0.15) is 4.68 Å². The van der Waals surface area contributed by atoms with E-state index in [0.717, 1.165) is 48.1 Å². The summed E-state index contributed by atoms with van der Waals surface area (Å²) in [6.45, 7) is 6.00. The third-order valence-corrected chi connectivity index (χ3v) is 3.97. The second-order valence-electron chi connectivity index (χ2n) is 5.38. The largest absolute Gasteiger partial charge is 0.496 e. The average molecular weight is 289 g/mol. The van der Waals surface area contributed by atoms with E-state index in [4.69, 9.17) is 9.47 Å². The Bertz CT molecular complexity index is 703. The van der Waals surface area contributed by atoms with Crippen molar-refractivity contribution in [2.75, 3.05) is 13.7 Å². The van der Waals surface area contributed by atoms with E-state index in [0.29, 0.717) is 12.3 Å². The molecule has 0 atom stereocenters. The number of rotatable bonds is 3. The number of methoxy groups -OCH3 is 1. The number of aromatic nitrogens is 2. The maximum atomic E-state index is 12.4. The molecule has 5 nitrogen and oxygen atoms in total. The topological polar surface area (TPSA) is 44.3 Å². The van der Waals surface area contributed by atoms with Gasteiger partial charge in [0.05, 0.1) is 20.3 Å². The van der Waals surface area contributed by atoms with E-state index < -0.39 is 0 Å². The first-order valence-corrected chi connectivity index (χ1v) is 7.45. The number of hydrogen-bond acceptors (Lipinski definition) is 3. The summed E-state index contributed by atoms with van der Waals surface area (Å²) in [6.07, 6.45) is 2.21. The van der Waals surface area contributed by atoms with Crippen molar-refractivity contribution in [2.45, 2.75) is 39.8 Å². The van der Waals surface area contributed by atoms with E-state index >= 15 is 0 Å². The predicted octanol–water partition coefficient (Wildman–Crippen LogP) is 2.22. The standard InChI is InChI=1S/C16H21N2O3/c1-4-21-16(19)15-14-12(9-11(2)10-13(14)20-3)17-7-5-6-8-18(15)17/h9-10H,4-8H2,1-3H3/q+1. The third kappa shape index (κ3) is 2.17. The molecule has 1 aliphatic heterocycles. The fourth-order valence-electron chi connectivity index (χ4n) is 3.12. The molecular weight excluding hydrogens is 268 g/mol. The number of ether oxygens (including phenoxy) is 2. The monoisotopic (exact) mass is 289 g/mol. The first kappa shape index (κ1) is 13.9. The SMILES string of the molecule is CCOC(=O)c1c2c(OC)cc(C)cc2n2[n+]1CCCC2. The van der Waals surface area contributed by atoms with E-state index in [-0.39, 0.29) is 5.97 Å². The van der Waals surface area contributed by atoms with Crippen molar-refractivity contribution in [3.63, 3.8) is 0 Å². The Morgan fingerprint density at radius 1 is 1.38 bits per heavy atom. The zero-order valence-corrected chi connectivity index (χ0v) is 12.8. The van der Waals surface area contributed by atoms with Crippen LogP contribution in [0.3, 0.4) is 0 Å². The third-order valence-electron chi connectivity index (χ3n) is 3.97. The van der Waals surface area contributed by atoms with Crippen LogP contribution in [0.4, 0.5) is 0 Å². The van der Waals surface area contributed by atoms with Gasteiger partial charge < -0.3 is 9.47 Å². The van der Waals surface area contributed by atoms with Crippen molar-refractivity contribution in [3.05, 3.63) is 23.4 Å². The Hall–Kier alpha value is -2.04. The maximum absolute atomic E-state index is 12.4. The van der Waals surface area contributed by atoms with Gasteiger partial charge in [-0.25, -0.2) is 4.79 Å². The molecule has 112 valence electrons. The fourth-order valence-corrected chi connectivity index (χ4v) is 3.12. The number of nitrogens with zero attached hydrogens (tertiary/aromatic N) is 2. The molecule has 0 unspecified atom stereocenters. The molecule has 5 heteroatoms. The lowest BCUT2D eigenvalue weighted by Gasteiger charge is -2.10. The van der Waals surface area contributed by atoms with E-state index in [1.54, 1.807) is 7.11 Å². The molecule has 0 saturated carbocycles. The maximum Gasteiger partial charge on any atom is 0.406 e. The minimum atomic E-state index is -0.273. The molecular formula is C16H21N2O3+. The predicted molar refractivity (Wildman–Crippen MR) is 78.6 cm³/mol. The highest BCUT2D eigenvalue weighted by atomic mass is 16.5. The molecule has 0 saturated heterocycles. The first-order valence-electron chi connectivity index (χ1n) is 7.45. The molecule has 0 bridgehead atoms. The minimum absolute atomic E-state index is 0.273. The zero-order chi connectivity index (χ0) is 15.0. The molecule has 2 heterocycles. The highest BCUT2D eigenvalue weighted by Crippen LogP contribution is 2.31. The molecule has 1 aliphatic rings. The van der Waals surface area contributed by atoms with Crippen LogP contribution in [0.15, 0.2) is 12.1 Å². The highest BCUT2D eigenvalue weighted by Gasteiger charge is 2.35. The van der Waals surface area contributed by atoms with Crippen LogP contribution in [0.2, 0.25) is 0 Å². The summed E-state index contributed by atoms with van der Waals surface area (Å²) in [4.78, 5) is 12.4. The van der Waals surface area contributed by atoms with E-state index in [9.17, 15) is 4.79 Å². The summed E-state index contributed by atoms with van der Waals surface area (Å²) in [7, 11) is 1.64. The molecule has 1 aromatic heterocycles. The Balaban J connectivity index is 2.35. The van der Waals surface area contributed by atoms with Crippen molar-refractivity contribution < 1.29 is 19.0 Å². The van der Waals surface area contributed by atoms with Crippen molar-refractivity contribution in [1.82, 2.24) is 4.68 Å². The smallest absolute Gasteiger partial charge is 0.406 e. The molecule has 1 aromatic carbocycles. The van der Waals surface area contributed by atoms with E-state index in [1.807, 2.05) is 24.6 Å². The lowest BCUT2D eigenvalue weighted by molar-refractivity contribution is -0.781. The highest BCUT2D eigenvalue weighted by molar-refractivity contribution is 6.03. The number of aryl methyl sites for hydroxylation is 2. The van der Waals surface area contributed by atoms with Crippen LogP contribution in [0.5, 0.6) is 5.75 Å². The lowest BCUT2D eigenvalue weighted by Crippen LogP contribution is -2.50. The molecule has 21 heavy (non-hydrogen) atoms. The van der Waals surface area contributed by atoms with Crippen LogP contribution in [-0.4, -0.2) is 24.4 Å². The number of carbonyl (C=O) groups is 1. The number of carbonyl (C=O) groups excluding carboxylic acids is 1. The number of fused-ring (bicyclic) bond motifs is 3. The summed E-state index contributed by atoms with van der Waals surface area (Å²) in [6, 6.07) is 4.08. The number of benzene rings is 1. The summed E-state index contributed by atoms with van der Waals surface area (Å²) in [5.41, 5.74) is 2.79. The number of esters is 1. The Morgan fingerprint density at radius 2 is 2.19 bits per heavy atom. The molecule has 0 spiro atoms. The van der Waals surface area contributed by atoms with Gasteiger partial charge in [0.1, 0.15) is 16.7 Å². The molecule has 0 N–H and O–H groups in total. The molecule has 0 fully saturated rings. The summed E-state index contributed by atoms with van der Waals surface area (Å²) >= 11 is 0. The lowest BCUT2D eigenvalue weighted by atomic mass is 10.1. The Labute approximate surface area is 124 Å². The number of hydrogen-bond donors (Lipinski definition) is 0. The summed E-state index contributed by atoms with van der Waals surface area (Å²) in [5.74, 6) is 0.466. The van der Waals surface area contributed by atoms with Gasteiger partial charge in [-0.15, -0.1) is 0 Å². The molecule has 2 aromatic rings. The quantitative estimate of drug-likeness (QED) is 0.643. The van der Waals surface area contributed by atoms with Crippen LogP contribution in [-0.2, 0) is 17.8 Å². The van der Waals surface area contributed by atoms with Crippen LogP contribution in [0.25, 0.3) is 10.9 Å². The van der Waals surface area contributed by atoms with Crippen LogP contribution in [0.1, 0.15) is 35.8 Å². The molecule has 0 radical (unpaired) electrons. The van der Waals surface area contributed by atoms with Gasteiger partial charge in [0.15, 0.2) is 6.54 Å². The molecule has 0 amide bonds. The molecule has 3 rings (SSSR count). The zero-order valence-electron chi connectivity index (χ0n) is 12.8. The van der Waals surface area contributed by atoms with Crippen molar-refractivity contribution in [2.24, 2.45) is 0 Å². The first-order chi connectivity index (χ1) is 10.2. The van der Waals surface area contributed by atoms with Crippen molar-refractivity contribution in [1.29, 1.82) is 0 Å². The van der Waals surface area contributed by atoms with E-state index in [1.165, 1.54) is 0 Å². The average Bonchev–Trinajstić information content (AvgIpc) is 2.81. The van der Waals surface area contributed by atoms with Crippen molar-refractivity contribution in [3.8, 4) is 5.75 Å². The van der Waals surface area contributed by atoms with Gasteiger partial charge >= 0.3 is 11.7 Å². The van der Waals surface area contributed by atoms with Gasteiger partial charge in [0, 0.05) is 6.42 Å². The van der Waals surface area contributed by atoms with Gasteiger partial charge in [-0.1, -0.05) is 4.68 Å². The second kappa shape index (κ2) is 5.39. The fraction of sp³-hybridized carbons (Fsp3) is 0.500. The van der Waals surface area contributed by atoms with Crippen LogP contribution >= 0.6 is 0 Å². The van der Waals surface area contributed by atoms with Gasteiger partial charge in [0.25, 0.3) is 0 Å². The van der Waals surface area contributed by atoms with Gasteiger partial charge in [0.2, 0.25) is 0 Å². The Kier molecular flexibility index (Phi) is 3.57. The molecule has 0 aliphatic carbocycles. The van der Waals surface area contributed by atoms with Gasteiger partial charge in [-0.05, 0) is 38.0 Å². The van der Waals surface area contributed by atoms with Crippen LogP contribution in [0, 0.1) is 6.92 Å². The van der Waals surface area contributed by atoms with E-state index in [2.05, 4.69) is 10.7 Å². The summed E-state index contributed by atoms with van der Waals surface area (Å²) < 4.78 is 15.0. The Morgan fingerprint density at radius 3 is 2.90 bits per heavy atom. The van der Waals surface area contributed by atoms with Gasteiger partial charge in [-0.3, -0.25) is 0 Å². The minimum Gasteiger partial charge on any atom is -0.496 e. The van der Waals surface area contributed by atoms with Crippen molar-refractivity contribution >= 4 is 16.9 Å².